The molecule has 2 aromatic heterocycles. The van der Waals surface area contributed by atoms with E-state index in [1.165, 1.54) is 48.8 Å². The van der Waals surface area contributed by atoms with Gasteiger partial charge in [-0.2, -0.15) is 0 Å². The van der Waals surface area contributed by atoms with Crippen LogP contribution in [-0.4, -0.2) is 64.1 Å². The summed E-state index contributed by atoms with van der Waals surface area (Å²) in [6.45, 7) is 30.0. The molecule has 0 saturated heterocycles. The quantitative estimate of drug-likeness (QED) is 0.0545. The summed E-state index contributed by atoms with van der Waals surface area (Å²) in [4.78, 5) is 51.6. The first-order chi connectivity index (χ1) is 31.5. The van der Waals surface area contributed by atoms with Gasteiger partial charge < -0.3 is 27.5 Å². The van der Waals surface area contributed by atoms with Crippen molar-refractivity contribution in [3.05, 3.63) is 124 Å². The van der Waals surface area contributed by atoms with Gasteiger partial charge in [0.1, 0.15) is 28.6 Å². The number of carbonyl (C=O) groups is 2. The fourth-order valence-electron chi connectivity index (χ4n) is 6.93. The largest absolute Gasteiger partial charge is 0.462 e. The summed E-state index contributed by atoms with van der Waals surface area (Å²) in [5, 5.41) is 0.430. The molecular formula is C51H67ClF3IN2O8Si2. The molecule has 68 heavy (non-hydrogen) atoms. The van der Waals surface area contributed by atoms with Crippen LogP contribution >= 0.6 is 34.2 Å². The summed E-state index contributed by atoms with van der Waals surface area (Å²) in [6, 6.07) is 9.62. The van der Waals surface area contributed by atoms with E-state index < -0.39 is 56.9 Å². The second kappa shape index (κ2) is 22.9. The van der Waals surface area contributed by atoms with Gasteiger partial charge in [-0.05, 0) is 127 Å². The van der Waals surface area contributed by atoms with Gasteiger partial charge >= 0.3 is 11.9 Å². The Kier molecular flexibility index (Phi) is 19.2. The van der Waals surface area contributed by atoms with Crippen LogP contribution in [0.4, 0.5) is 13.2 Å². The van der Waals surface area contributed by atoms with Gasteiger partial charge in [-0.1, -0.05) is 79.1 Å². The Morgan fingerprint density at radius 3 is 1.51 bits per heavy atom. The molecule has 0 radical (unpaired) electrons. The van der Waals surface area contributed by atoms with E-state index >= 15 is 4.39 Å². The maximum atomic E-state index is 15.4. The van der Waals surface area contributed by atoms with Crippen LogP contribution in [0, 0.1) is 21.0 Å². The van der Waals surface area contributed by atoms with Gasteiger partial charge in [0.15, 0.2) is 16.6 Å². The lowest BCUT2D eigenvalue weighted by Crippen LogP contribution is -2.42. The molecule has 10 nitrogen and oxygen atoms in total. The van der Waals surface area contributed by atoms with Crippen molar-refractivity contribution >= 4 is 84.6 Å². The number of hydrogen-bond donors (Lipinski definition) is 0. The SMILES string of the molecule is CCOC(=O)c1cn([C@@H](CC)CO[Si](C)(C)C(C)(C)C)c2cc(F)c(Cc3cccc(Cl)c3F)cc2c1=O.CCOC(=O)c1cn([C@@H](CC)CO[Si](C)(C)C(C)(C)C)c2cc(F)c(I)cc2c1=O. The highest BCUT2D eigenvalue weighted by Gasteiger charge is 2.39. The number of nitrogens with zero attached hydrogens (tertiary/aromatic N) is 2. The van der Waals surface area contributed by atoms with Crippen LogP contribution in [0.5, 0.6) is 0 Å². The number of pyridine rings is 2. The fraction of sp³-hybridized carbons (Fsp3) is 0.490. The second-order valence-electron chi connectivity index (χ2n) is 19.9. The number of benzene rings is 3. The van der Waals surface area contributed by atoms with Crippen molar-refractivity contribution in [2.75, 3.05) is 26.4 Å². The maximum absolute atomic E-state index is 15.4. The zero-order chi connectivity index (χ0) is 51.3. The molecule has 0 saturated carbocycles. The summed E-state index contributed by atoms with van der Waals surface area (Å²) in [7, 11) is -4.11. The van der Waals surface area contributed by atoms with Crippen LogP contribution in [0.25, 0.3) is 21.8 Å². The van der Waals surface area contributed by atoms with E-state index in [9.17, 15) is 28.0 Å². The molecule has 17 heteroatoms. The monoisotopic (exact) mass is 1110 g/mol. The smallest absolute Gasteiger partial charge is 0.343 e. The number of aromatic nitrogens is 2. The maximum Gasteiger partial charge on any atom is 0.343 e. The first kappa shape index (κ1) is 56.8. The number of rotatable bonds is 16. The summed E-state index contributed by atoms with van der Waals surface area (Å²) in [6.07, 6.45) is 4.15. The van der Waals surface area contributed by atoms with Crippen molar-refractivity contribution in [3.8, 4) is 0 Å². The van der Waals surface area contributed by atoms with Crippen molar-refractivity contribution in [2.24, 2.45) is 0 Å². The number of halogens is 5. The van der Waals surface area contributed by atoms with Crippen molar-refractivity contribution in [2.45, 2.75) is 137 Å². The van der Waals surface area contributed by atoms with E-state index in [0.717, 1.165) is 0 Å². The first-order valence-electron chi connectivity index (χ1n) is 23.0. The standard InChI is InChI=1S/C29H36ClF2NO4Si.C22H31FINO4Si/c1-8-20(17-37-38(6,7)29(3,4)5)33-16-22(28(35)36-9-2)27(34)21-14-19(24(31)15-25(21)33)13-18-11-10-12-23(30)26(18)32;1-8-14(13-29-30(6,7)22(3,4)5)25-12-16(21(27)28-9-2)20(26)15-10-18(24)17(23)11-19(15)25/h10-12,14-16,20H,8-9,13,17H2,1-7H3;10-12,14H,8-9,13H2,1-7H3/t20-;14-/m00/s1. The molecule has 2 atom stereocenters. The lowest BCUT2D eigenvalue weighted by atomic mass is 10.00. The normalized spacial score (nSPS) is 13.3. The lowest BCUT2D eigenvalue weighted by Gasteiger charge is -2.37. The molecule has 0 bridgehead atoms. The molecule has 0 aliphatic rings. The minimum Gasteiger partial charge on any atom is -0.462 e. The fourth-order valence-corrected chi connectivity index (χ4v) is 9.68. The molecule has 0 fully saturated rings. The zero-order valence-electron chi connectivity index (χ0n) is 41.9. The van der Waals surface area contributed by atoms with E-state index in [4.69, 9.17) is 29.9 Å². The van der Waals surface area contributed by atoms with E-state index in [0.29, 0.717) is 46.0 Å². The van der Waals surface area contributed by atoms with Crippen molar-refractivity contribution in [1.82, 2.24) is 9.13 Å². The van der Waals surface area contributed by atoms with Crippen LogP contribution in [0.15, 0.2) is 64.4 Å². The average molecular weight is 1110 g/mol. The van der Waals surface area contributed by atoms with Gasteiger partial charge in [0.25, 0.3) is 0 Å². The van der Waals surface area contributed by atoms with Crippen molar-refractivity contribution in [1.29, 1.82) is 0 Å². The van der Waals surface area contributed by atoms with Crippen molar-refractivity contribution in [3.63, 3.8) is 0 Å². The molecular weight excluding hydrogens is 1040 g/mol. The van der Waals surface area contributed by atoms with E-state index in [1.807, 2.05) is 36.4 Å². The third kappa shape index (κ3) is 12.9. The van der Waals surface area contributed by atoms with Crippen LogP contribution in [0.1, 0.15) is 126 Å². The topological polar surface area (TPSA) is 115 Å². The van der Waals surface area contributed by atoms with E-state index in [2.05, 4.69) is 67.7 Å². The zero-order valence-corrected chi connectivity index (χ0v) is 46.8. The van der Waals surface area contributed by atoms with Crippen LogP contribution in [0.2, 0.25) is 41.3 Å². The molecule has 0 aliphatic heterocycles. The first-order valence-corrected chi connectivity index (χ1v) is 30.3. The van der Waals surface area contributed by atoms with Crippen LogP contribution in [0.3, 0.4) is 0 Å². The molecule has 372 valence electrons. The lowest BCUT2D eigenvalue weighted by molar-refractivity contribution is 0.0514. The summed E-state index contributed by atoms with van der Waals surface area (Å²) < 4.78 is 71.4. The van der Waals surface area contributed by atoms with Crippen LogP contribution in [-0.2, 0) is 24.7 Å². The molecule has 3 aromatic carbocycles. The Hall–Kier alpha value is -3.82. The van der Waals surface area contributed by atoms with Crippen molar-refractivity contribution < 1.29 is 41.1 Å². The Morgan fingerprint density at radius 1 is 0.676 bits per heavy atom. The molecule has 2 heterocycles. The Morgan fingerprint density at radius 2 is 1.10 bits per heavy atom. The Bertz CT molecular complexity index is 2770. The number of carbonyl (C=O) groups excluding carboxylic acids is 2. The van der Waals surface area contributed by atoms with Gasteiger partial charge in [-0.15, -0.1) is 0 Å². The number of esters is 2. The molecule has 0 spiro atoms. The van der Waals surface area contributed by atoms with E-state index in [1.54, 1.807) is 29.0 Å². The number of ether oxygens (including phenoxy) is 2. The number of fused-ring (bicyclic) bond motifs is 2. The predicted octanol–water partition coefficient (Wildman–Crippen LogP) is 13.6. The molecule has 0 N–H and O–H groups in total. The van der Waals surface area contributed by atoms with Crippen LogP contribution < -0.4 is 10.9 Å². The summed E-state index contributed by atoms with van der Waals surface area (Å²) >= 11 is 7.75. The minimum atomic E-state index is -2.10. The van der Waals surface area contributed by atoms with E-state index in [-0.39, 0.29) is 74.5 Å². The van der Waals surface area contributed by atoms with Gasteiger partial charge in [0.2, 0.25) is 10.9 Å². The highest BCUT2D eigenvalue weighted by atomic mass is 127. The Labute approximate surface area is 419 Å². The molecule has 0 amide bonds. The minimum absolute atomic E-state index is 0.0103. The highest BCUT2D eigenvalue weighted by molar-refractivity contribution is 14.1. The third-order valence-electron chi connectivity index (χ3n) is 13.3. The van der Waals surface area contributed by atoms with Gasteiger partial charge in [-0.3, -0.25) is 9.59 Å². The van der Waals surface area contributed by atoms with Gasteiger partial charge in [0, 0.05) is 33.2 Å². The molecule has 0 aliphatic carbocycles. The molecule has 5 rings (SSSR count). The summed E-state index contributed by atoms with van der Waals surface area (Å²) in [5.74, 6) is -3.05. The highest BCUT2D eigenvalue weighted by Crippen LogP contribution is 2.39. The predicted molar refractivity (Wildman–Crippen MR) is 280 cm³/mol. The number of hydrogen-bond acceptors (Lipinski definition) is 8. The van der Waals surface area contributed by atoms with Gasteiger partial charge in [0.05, 0.1) is 54.6 Å². The third-order valence-corrected chi connectivity index (χ3v) is 23.4. The van der Waals surface area contributed by atoms with Gasteiger partial charge in [-0.25, -0.2) is 22.8 Å². The summed E-state index contributed by atoms with van der Waals surface area (Å²) in [5.41, 5.74) is -0.0893. The average Bonchev–Trinajstić information content (AvgIpc) is 3.24. The molecule has 5 aromatic rings. The molecule has 0 unspecified atom stereocenters. The Balaban J connectivity index is 0.000000305. The second-order valence-corrected chi connectivity index (χ2v) is 31.1.